The maximum absolute atomic E-state index is 6.21. The van der Waals surface area contributed by atoms with Gasteiger partial charge in [-0.1, -0.05) is 23.2 Å². The minimum absolute atomic E-state index is 0.350. The van der Waals surface area contributed by atoms with Gasteiger partial charge in [0.2, 0.25) is 0 Å². The van der Waals surface area contributed by atoms with Gasteiger partial charge < -0.3 is 5.73 Å². The van der Waals surface area contributed by atoms with E-state index in [1.165, 1.54) is 11.1 Å². The van der Waals surface area contributed by atoms with Gasteiger partial charge in [-0.15, -0.1) is 0 Å². The SMILES string of the molecule is CC1c2cc(Cl)cc(Cl)c2CCN1CCN. The summed E-state index contributed by atoms with van der Waals surface area (Å²) in [5.41, 5.74) is 8.10. The molecule has 1 heterocycles. The Morgan fingerprint density at radius 3 is 2.88 bits per heavy atom. The summed E-state index contributed by atoms with van der Waals surface area (Å²) in [6.07, 6.45) is 0.982. The number of nitrogens with zero attached hydrogens (tertiary/aromatic N) is 1. The third-order valence-electron chi connectivity index (χ3n) is 3.26. The number of hydrogen-bond acceptors (Lipinski definition) is 2. The molecule has 1 aromatic rings. The molecular formula is C12H16Cl2N2. The number of fused-ring (bicyclic) bond motifs is 1. The third-order valence-corrected chi connectivity index (χ3v) is 3.81. The van der Waals surface area contributed by atoms with Gasteiger partial charge in [0, 0.05) is 35.7 Å². The Hall–Kier alpha value is -0.280. The van der Waals surface area contributed by atoms with E-state index in [-0.39, 0.29) is 0 Å². The summed E-state index contributed by atoms with van der Waals surface area (Å²) in [7, 11) is 0. The number of halogens is 2. The van der Waals surface area contributed by atoms with Gasteiger partial charge in [-0.25, -0.2) is 0 Å². The molecule has 0 saturated heterocycles. The largest absolute Gasteiger partial charge is 0.329 e. The van der Waals surface area contributed by atoms with Crippen molar-refractivity contribution >= 4 is 23.2 Å². The van der Waals surface area contributed by atoms with Crippen molar-refractivity contribution in [3.63, 3.8) is 0 Å². The first-order valence-corrected chi connectivity index (χ1v) is 6.31. The van der Waals surface area contributed by atoms with Gasteiger partial charge in [-0.3, -0.25) is 4.90 Å². The molecule has 0 aromatic heterocycles. The van der Waals surface area contributed by atoms with Gasteiger partial charge in [0.05, 0.1) is 0 Å². The van der Waals surface area contributed by atoms with Gasteiger partial charge in [0.1, 0.15) is 0 Å². The molecule has 0 fully saturated rings. The molecule has 0 radical (unpaired) electrons. The maximum atomic E-state index is 6.21. The minimum Gasteiger partial charge on any atom is -0.329 e. The first-order chi connectivity index (χ1) is 7.63. The Kier molecular flexibility index (Phi) is 3.75. The molecule has 1 aliphatic heterocycles. The van der Waals surface area contributed by atoms with Crippen LogP contribution in [0, 0.1) is 0 Å². The number of hydrogen-bond donors (Lipinski definition) is 1. The Balaban J connectivity index is 2.36. The zero-order chi connectivity index (χ0) is 11.7. The lowest BCUT2D eigenvalue weighted by Gasteiger charge is -2.35. The summed E-state index contributed by atoms with van der Waals surface area (Å²) >= 11 is 12.3. The van der Waals surface area contributed by atoms with Crippen molar-refractivity contribution in [3.8, 4) is 0 Å². The van der Waals surface area contributed by atoms with Crippen molar-refractivity contribution in [3.05, 3.63) is 33.3 Å². The lowest BCUT2D eigenvalue weighted by molar-refractivity contribution is 0.204. The summed E-state index contributed by atoms with van der Waals surface area (Å²) in [4.78, 5) is 2.37. The normalized spacial score (nSPS) is 20.9. The van der Waals surface area contributed by atoms with Gasteiger partial charge in [0.25, 0.3) is 0 Å². The lowest BCUT2D eigenvalue weighted by atomic mass is 9.93. The minimum atomic E-state index is 0.350. The molecule has 88 valence electrons. The van der Waals surface area contributed by atoms with Crippen molar-refractivity contribution in [2.45, 2.75) is 19.4 Å². The summed E-state index contributed by atoms with van der Waals surface area (Å²) in [6, 6.07) is 4.20. The molecule has 1 aromatic carbocycles. The molecule has 16 heavy (non-hydrogen) atoms. The Labute approximate surface area is 106 Å². The van der Waals surface area contributed by atoms with Crippen LogP contribution in [0.1, 0.15) is 24.1 Å². The van der Waals surface area contributed by atoms with Gasteiger partial charge >= 0.3 is 0 Å². The Morgan fingerprint density at radius 2 is 2.19 bits per heavy atom. The van der Waals surface area contributed by atoms with Gasteiger partial charge in [0.15, 0.2) is 0 Å². The summed E-state index contributed by atoms with van der Waals surface area (Å²) in [6.45, 7) is 4.81. The van der Waals surface area contributed by atoms with Crippen LogP contribution >= 0.6 is 23.2 Å². The van der Waals surface area contributed by atoms with E-state index in [0.29, 0.717) is 17.6 Å². The van der Waals surface area contributed by atoms with Crippen molar-refractivity contribution < 1.29 is 0 Å². The molecule has 2 N–H and O–H groups in total. The number of benzene rings is 1. The Bertz CT molecular complexity index is 393. The van der Waals surface area contributed by atoms with E-state index in [1.807, 2.05) is 12.1 Å². The molecule has 0 amide bonds. The van der Waals surface area contributed by atoms with E-state index in [0.717, 1.165) is 24.5 Å². The second-order valence-electron chi connectivity index (χ2n) is 4.21. The van der Waals surface area contributed by atoms with Crippen LogP contribution in [0.2, 0.25) is 10.0 Å². The highest BCUT2D eigenvalue weighted by molar-refractivity contribution is 6.35. The molecule has 0 bridgehead atoms. The van der Waals surface area contributed by atoms with Crippen molar-refractivity contribution in [1.82, 2.24) is 4.90 Å². The average molecular weight is 259 g/mol. The van der Waals surface area contributed by atoms with E-state index >= 15 is 0 Å². The molecule has 0 spiro atoms. The van der Waals surface area contributed by atoms with Crippen LogP contribution in [0.5, 0.6) is 0 Å². The van der Waals surface area contributed by atoms with Crippen LogP contribution < -0.4 is 5.73 Å². The molecule has 2 nitrogen and oxygen atoms in total. The number of nitrogens with two attached hydrogens (primary N) is 1. The molecule has 0 aliphatic carbocycles. The maximum Gasteiger partial charge on any atom is 0.0456 e. The van der Waals surface area contributed by atoms with Crippen LogP contribution in [-0.2, 0) is 6.42 Å². The fourth-order valence-corrected chi connectivity index (χ4v) is 2.98. The first kappa shape index (κ1) is 12.2. The van der Waals surface area contributed by atoms with Crippen LogP contribution in [0.15, 0.2) is 12.1 Å². The fraction of sp³-hybridized carbons (Fsp3) is 0.500. The second-order valence-corrected chi connectivity index (χ2v) is 5.05. The predicted octanol–water partition coefficient (Wildman–Crippen LogP) is 2.87. The van der Waals surface area contributed by atoms with E-state index in [4.69, 9.17) is 28.9 Å². The average Bonchev–Trinajstić information content (AvgIpc) is 2.23. The monoisotopic (exact) mass is 258 g/mol. The van der Waals surface area contributed by atoms with Crippen molar-refractivity contribution in [1.29, 1.82) is 0 Å². The smallest absolute Gasteiger partial charge is 0.0456 e. The lowest BCUT2D eigenvalue weighted by Crippen LogP contribution is -2.37. The fourth-order valence-electron chi connectivity index (χ4n) is 2.38. The van der Waals surface area contributed by atoms with Gasteiger partial charge in [-0.05, 0) is 36.6 Å². The quantitative estimate of drug-likeness (QED) is 0.884. The predicted molar refractivity (Wildman–Crippen MR) is 69.2 cm³/mol. The molecule has 0 saturated carbocycles. The standard InChI is InChI=1S/C12H16Cl2N2/c1-8-11-6-9(13)7-12(14)10(11)2-4-16(8)5-3-15/h6-8H,2-5,15H2,1H3. The molecular weight excluding hydrogens is 243 g/mol. The Morgan fingerprint density at radius 1 is 1.44 bits per heavy atom. The van der Waals surface area contributed by atoms with E-state index in [2.05, 4.69) is 11.8 Å². The highest BCUT2D eigenvalue weighted by Crippen LogP contribution is 2.35. The molecule has 1 atom stereocenters. The first-order valence-electron chi connectivity index (χ1n) is 5.55. The molecule has 1 aliphatic rings. The summed E-state index contributed by atoms with van der Waals surface area (Å²) in [5, 5.41) is 1.51. The van der Waals surface area contributed by atoms with E-state index in [9.17, 15) is 0 Å². The van der Waals surface area contributed by atoms with Gasteiger partial charge in [-0.2, -0.15) is 0 Å². The highest BCUT2D eigenvalue weighted by atomic mass is 35.5. The molecule has 2 rings (SSSR count). The zero-order valence-electron chi connectivity index (χ0n) is 9.34. The van der Waals surface area contributed by atoms with E-state index < -0.39 is 0 Å². The van der Waals surface area contributed by atoms with Crippen LogP contribution in [0.25, 0.3) is 0 Å². The zero-order valence-corrected chi connectivity index (χ0v) is 10.9. The summed E-state index contributed by atoms with van der Waals surface area (Å²) < 4.78 is 0. The van der Waals surface area contributed by atoms with Crippen LogP contribution in [-0.4, -0.2) is 24.5 Å². The van der Waals surface area contributed by atoms with Crippen LogP contribution in [0.3, 0.4) is 0 Å². The topological polar surface area (TPSA) is 29.3 Å². The molecule has 1 unspecified atom stereocenters. The third kappa shape index (κ3) is 2.21. The molecule has 4 heteroatoms. The highest BCUT2D eigenvalue weighted by Gasteiger charge is 2.25. The second kappa shape index (κ2) is 4.92. The van der Waals surface area contributed by atoms with Crippen molar-refractivity contribution in [2.75, 3.05) is 19.6 Å². The van der Waals surface area contributed by atoms with E-state index in [1.54, 1.807) is 0 Å². The summed E-state index contributed by atoms with van der Waals surface area (Å²) in [5.74, 6) is 0. The van der Waals surface area contributed by atoms with Crippen LogP contribution in [0.4, 0.5) is 0 Å². The van der Waals surface area contributed by atoms with Crippen molar-refractivity contribution in [2.24, 2.45) is 5.73 Å². The number of rotatable bonds is 2.